The van der Waals surface area contributed by atoms with E-state index in [2.05, 4.69) is 0 Å². The quantitative estimate of drug-likeness (QED) is 0.352. The van der Waals surface area contributed by atoms with Crippen LogP contribution in [0.4, 0.5) is 5.69 Å². The molecule has 26 heavy (non-hydrogen) atoms. The van der Waals surface area contributed by atoms with Gasteiger partial charge >= 0.3 is 11.9 Å². The molecular weight excluding hydrogens is 338 g/mol. The number of aryl methyl sites for hydroxylation is 1. The van der Waals surface area contributed by atoms with Gasteiger partial charge in [-0.2, -0.15) is 0 Å². The Labute approximate surface area is 153 Å². The molecule has 7 nitrogen and oxygen atoms in total. The maximum atomic E-state index is 11.9. The maximum Gasteiger partial charge on any atom is 0.306 e. The Hall–Kier alpha value is -2.44. The molecule has 1 unspecified atom stereocenters. The molecule has 1 rings (SSSR count). The van der Waals surface area contributed by atoms with Gasteiger partial charge in [0.25, 0.3) is 5.69 Å². The highest BCUT2D eigenvalue weighted by Crippen LogP contribution is 2.20. The summed E-state index contributed by atoms with van der Waals surface area (Å²) in [6.45, 7) is 7.57. The van der Waals surface area contributed by atoms with Gasteiger partial charge < -0.3 is 9.47 Å². The highest BCUT2D eigenvalue weighted by molar-refractivity contribution is 5.77. The van der Waals surface area contributed by atoms with Crippen LogP contribution in [-0.2, 0) is 25.7 Å². The summed E-state index contributed by atoms with van der Waals surface area (Å²) < 4.78 is 10.5. The van der Waals surface area contributed by atoms with E-state index in [4.69, 9.17) is 9.47 Å². The molecule has 0 saturated carbocycles. The number of rotatable bonds is 10. The molecule has 1 aromatic rings. The molecular formula is C19H27NO6. The first-order chi connectivity index (χ1) is 12.2. The Kier molecular flexibility index (Phi) is 8.75. The van der Waals surface area contributed by atoms with Crippen LogP contribution in [0.1, 0.15) is 57.6 Å². The molecule has 0 heterocycles. The largest absolute Gasteiger partial charge is 0.462 e. The minimum absolute atomic E-state index is 0.0159. The first-order valence-electron chi connectivity index (χ1n) is 8.83. The molecule has 1 atom stereocenters. The van der Waals surface area contributed by atoms with Gasteiger partial charge in [0, 0.05) is 11.6 Å². The maximum absolute atomic E-state index is 11.9. The van der Waals surface area contributed by atoms with Gasteiger partial charge in [-0.05, 0) is 24.8 Å². The van der Waals surface area contributed by atoms with Crippen molar-refractivity contribution in [3.63, 3.8) is 0 Å². The van der Waals surface area contributed by atoms with Gasteiger partial charge in [0.05, 0.1) is 17.8 Å². The van der Waals surface area contributed by atoms with Crippen LogP contribution < -0.4 is 0 Å². The number of hydrogen-bond donors (Lipinski definition) is 0. The number of nitro groups is 1. The molecule has 0 aliphatic heterocycles. The zero-order valence-corrected chi connectivity index (χ0v) is 15.8. The number of nitro benzene ring substituents is 1. The molecule has 0 aromatic heterocycles. The summed E-state index contributed by atoms with van der Waals surface area (Å²) in [5.74, 6) is -0.731. The van der Waals surface area contributed by atoms with Crippen LogP contribution >= 0.6 is 0 Å². The second-order valence-corrected chi connectivity index (χ2v) is 6.60. The second kappa shape index (κ2) is 10.5. The van der Waals surface area contributed by atoms with Gasteiger partial charge in [0.15, 0.2) is 0 Å². The zero-order valence-electron chi connectivity index (χ0n) is 15.8. The molecule has 0 spiro atoms. The number of benzene rings is 1. The fraction of sp³-hybridized carbons (Fsp3) is 0.579. The number of nitrogens with zero attached hydrogens (tertiary/aromatic N) is 1. The Morgan fingerprint density at radius 2 is 1.85 bits per heavy atom. The zero-order chi connectivity index (χ0) is 19.7. The molecule has 0 bridgehead atoms. The lowest BCUT2D eigenvalue weighted by molar-refractivity contribution is -0.385. The van der Waals surface area contributed by atoms with Crippen molar-refractivity contribution in [1.82, 2.24) is 0 Å². The van der Waals surface area contributed by atoms with Crippen LogP contribution in [0.2, 0.25) is 0 Å². The van der Waals surface area contributed by atoms with Crippen molar-refractivity contribution in [3.05, 3.63) is 39.4 Å². The van der Waals surface area contributed by atoms with Gasteiger partial charge in [-0.25, -0.2) is 0 Å². The van der Waals surface area contributed by atoms with E-state index >= 15 is 0 Å². The molecule has 144 valence electrons. The molecule has 0 N–H and O–H groups in total. The summed E-state index contributed by atoms with van der Waals surface area (Å²) in [6, 6.07) is 4.66. The van der Waals surface area contributed by atoms with Crippen LogP contribution in [-0.4, -0.2) is 23.0 Å². The minimum atomic E-state index is -0.540. The molecule has 0 aliphatic rings. The van der Waals surface area contributed by atoms with Gasteiger partial charge in [0.1, 0.15) is 12.7 Å². The summed E-state index contributed by atoms with van der Waals surface area (Å²) in [5, 5.41) is 10.9. The van der Waals surface area contributed by atoms with Gasteiger partial charge in [-0.15, -0.1) is 0 Å². The number of carbonyl (C=O) groups excluding carboxylic acids is 2. The standard InChI is InChI=1S/C19H27NO6/c1-5-6-17(13(2)3)26-19(22)10-9-18(21)25-12-15-8-7-14(4)16(11-15)20(23)24/h7-8,11,13,17H,5-6,9-10,12H2,1-4H3. The van der Waals surface area contributed by atoms with Crippen molar-refractivity contribution >= 4 is 17.6 Å². The van der Waals surface area contributed by atoms with Crippen molar-refractivity contribution in [2.24, 2.45) is 5.92 Å². The van der Waals surface area contributed by atoms with E-state index in [-0.39, 0.29) is 37.2 Å². The summed E-state index contributed by atoms with van der Waals surface area (Å²) in [6.07, 6.45) is 1.45. The van der Waals surface area contributed by atoms with E-state index in [1.54, 1.807) is 19.1 Å². The number of esters is 2. The summed E-state index contributed by atoms with van der Waals surface area (Å²) in [7, 11) is 0. The van der Waals surface area contributed by atoms with Crippen LogP contribution in [0, 0.1) is 23.0 Å². The van der Waals surface area contributed by atoms with Crippen molar-refractivity contribution in [2.45, 2.75) is 66.1 Å². The molecule has 7 heteroatoms. The first kappa shape index (κ1) is 21.6. The minimum Gasteiger partial charge on any atom is -0.462 e. The Morgan fingerprint density at radius 1 is 1.19 bits per heavy atom. The second-order valence-electron chi connectivity index (χ2n) is 6.60. The monoisotopic (exact) mass is 365 g/mol. The number of ether oxygens (including phenoxy) is 2. The van der Waals surface area contributed by atoms with E-state index in [1.807, 2.05) is 20.8 Å². The van der Waals surface area contributed by atoms with E-state index < -0.39 is 16.9 Å². The predicted molar refractivity (Wildman–Crippen MR) is 96.5 cm³/mol. The highest BCUT2D eigenvalue weighted by atomic mass is 16.6. The summed E-state index contributed by atoms with van der Waals surface area (Å²) >= 11 is 0. The molecule has 0 fully saturated rings. The van der Waals surface area contributed by atoms with Crippen LogP contribution in [0.5, 0.6) is 0 Å². The van der Waals surface area contributed by atoms with E-state index in [0.717, 1.165) is 12.8 Å². The van der Waals surface area contributed by atoms with Crippen molar-refractivity contribution in [2.75, 3.05) is 0 Å². The molecule has 0 aliphatic carbocycles. The van der Waals surface area contributed by atoms with E-state index in [0.29, 0.717) is 11.1 Å². The van der Waals surface area contributed by atoms with Crippen molar-refractivity contribution in [3.8, 4) is 0 Å². The molecule has 0 amide bonds. The predicted octanol–water partition coefficient (Wildman–Crippen LogP) is 4.09. The third-order valence-electron chi connectivity index (χ3n) is 4.00. The third-order valence-corrected chi connectivity index (χ3v) is 4.00. The first-order valence-corrected chi connectivity index (χ1v) is 8.83. The Balaban J connectivity index is 2.44. The highest BCUT2D eigenvalue weighted by Gasteiger charge is 2.18. The Morgan fingerprint density at radius 3 is 2.42 bits per heavy atom. The fourth-order valence-corrected chi connectivity index (χ4v) is 2.42. The molecule has 0 saturated heterocycles. The van der Waals surface area contributed by atoms with Crippen molar-refractivity contribution in [1.29, 1.82) is 0 Å². The van der Waals surface area contributed by atoms with Gasteiger partial charge in [-0.3, -0.25) is 19.7 Å². The van der Waals surface area contributed by atoms with Crippen molar-refractivity contribution < 1.29 is 24.0 Å². The lowest BCUT2D eigenvalue weighted by Crippen LogP contribution is -2.24. The fourth-order valence-electron chi connectivity index (χ4n) is 2.42. The van der Waals surface area contributed by atoms with Crippen LogP contribution in [0.3, 0.4) is 0 Å². The lowest BCUT2D eigenvalue weighted by atomic mass is 10.0. The molecule has 1 aromatic carbocycles. The average Bonchev–Trinajstić information content (AvgIpc) is 2.58. The van der Waals surface area contributed by atoms with Gasteiger partial charge in [0.2, 0.25) is 0 Å². The normalized spacial score (nSPS) is 11.9. The number of carbonyl (C=O) groups is 2. The average molecular weight is 365 g/mol. The van der Waals surface area contributed by atoms with Crippen LogP contribution in [0.25, 0.3) is 0 Å². The smallest absolute Gasteiger partial charge is 0.306 e. The topological polar surface area (TPSA) is 95.7 Å². The van der Waals surface area contributed by atoms with E-state index in [1.165, 1.54) is 6.07 Å². The summed E-state index contributed by atoms with van der Waals surface area (Å²) in [5.41, 5.74) is 1.05. The van der Waals surface area contributed by atoms with Crippen LogP contribution in [0.15, 0.2) is 18.2 Å². The molecule has 0 radical (unpaired) electrons. The third kappa shape index (κ3) is 7.21. The summed E-state index contributed by atoms with van der Waals surface area (Å²) in [4.78, 5) is 34.1. The van der Waals surface area contributed by atoms with Gasteiger partial charge in [-0.1, -0.05) is 39.3 Å². The SMILES string of the molecule is CCCC(OC(=O)CCC(=O)OCc1ccc(C)c([N+](=O)[O-])c1)C(C)C. The lowest BCUT2D eigenvalue weighted by Gasteiger charge is -2.20. The number of hydrogen-bond acceptors (Lipinski definition) is 6. The Bertz CT molecular complexity index is 641. The van der Waals surface area contributed by atoms with E-state index in [9.17, 15) is 19.7 Å².